The minimum absolute atomic E-state index is 0.627. The van der Waals surface area contributed by atoms with Gasteiger partial charge in [-0.15, -0.1) is 0 Å². The Hall–Kier alpha value is -1.30. The highest BCUT2D eigenvalue weighted by molar-refractivity contribution is 5.70. The van der Waals surface area contributed by atoms with Gasteiger partial charge in [-0.05, 0) is 0 Å². The summed E-state index contributed by atoms with van der Waals surface area (Å²) in [6.45, 7) is -3.17. The van der Waals surface area contributed by atoms with Crippen molar-refractivity contribution in [2.75, 3.05) is 26.2 Å². The van der Waals surface area contributed by atoms with Gasteiger partial charge in [0, 0.05) is 19.6 Å². The van der Waals surface area contributed by atoms with Gasteiger partial charge >= 0.3 is 0 Å². The van der Waals surface area contributed by atoms with Gasteiger partial charge in [-0.3, -0.25) is 4.90 Å². The molecule has 4 unspecified atom stereocenters. The van der Waals surface area contributed by atoms with Gasteiger partial charge in [-0.25, -0.2) is 0 Å². The fraction of sp³-hybridized carbons (Fsp3) is 0.800. The monoisotopic (exact) mass is 295 g/mol. The number of aliphatic hydroxyl groups is 5. The van der Waals surface area contributed by atoms with Crippen molar-refractivity contribution in [2.24, 2.45) is 0 Å². The van der Waals surface area contributed by atoms with Crippen molar-refractivity contribution in [2.45, 2.75) is 24.4 Å². The average molecular weight is 295 g/mol. The molecule has 0 aliphatic carbocycles. The van der Waals surface area contributed by atoms with E-state index < -0.39 is 62.6 Å². The van der Waals surface area contributed by atoms with E-state index in [-0.39, 0.29) is 0 Å². The summed E-state index contributed by atoms with van der Waals surface area (Å²) in [5, 5.41) is 66.8. The second kappa shape index (κ2) is 8.79. The molecule has 0 aliphatic rings. The molecule has 0 heterocycles. The Bertz CT molecular complexity index is 308. The van der Waals surface area contributed by atoms with Gasteiger partial charge in [-0.1, -0.05) is 0 Å². The van der Waals surface area contributed by atoms with Crippen molar-refractivity contribution in [1.82, 2.24) is 4.90 Å². The number of nitrogens with zero attached hydrogens (tertiary/aromatic N) is 1. The Balaban J connectivity index is 4.60. The fourth-order valence-electron chi connectivity index (χ4n) is 1.49. The lowest BCUT2D eigenvalue weighted by Gasteiger charge is -2.30. The first-order valence-electron chi connectivity index (χ1n) is 5.64. The summed E-state index contributed by atoms with van der Waals surface area (Å²) in [4.78, 5) is 21.5. The van der Waals surface area contributed by atoms with Crippen LogP contribution in [0.25, 0.3) is 0 Å². The van der Waals surface area contributed by atoms with Crippen molar-refractivity contribution in [3.05, 3.63) is 0 Å². The van der Waals surface area contributed by atoms with E-state index in [1.54, 1.807) is 0 Å². The SMILES string of the molecule is O=C([O-])CN(CC(=O)[O-])CC(O)C(O)C(O)C(O)CO. The first-order chi connectivity index (χ1) is 9.18. The van der Waals surface area contributed by atoms with Crippen molar-refractivity contribution in [3.63, 3.8) is 0 Å². The molecule has 118 valence electrons. The van der Waals surface area contributed by atoms with Crippen LogP contribution < -0.4 is 10.2 Å². The zero-order chi connectivity index (χ0) is 15.9. The molecule has 10 heteroatoms. The molecule has 0 aromatic rings. The van der Waals surface area contributed by atoms with Crippen LogP contribution in [0, 0.1) is 0 Å². The Morgan fingerprint density at radius 1 is 0.900 bits per heavy atom. The van der Waals surface area contributed by atoms with Crippen molar-refractivity contribution in [1.29, 1.82) is 0 Å². The van der Waals surface area contributed by atoms with E-state index in [2.05, 4.69) is 0 Å². The first-order valence-corrected chi connectivity index (χ1v) is 5.64. The van der Waals surface area contributed by atoms with Crippen LogP contribution in [0.15, 0.2) is 0 Å². The highest BCUT2D eigenvalue weighted by Crippen LogP contribution is 2.06. The van der Waals surface area contributed by atoms with E-state index in [4.69, 9.17) is 10.2 Å². The van der Waals surface area contributed by atoms with Gasteiger partial charge in [-0.2, -0.15) is 0 Å². The Morgan fingerprint density at radius 3 is 1.65 bits per heavy atom. The minimum atomic E-state index is -1.91. The third kappa shape index (κ3) is 6.75. The average Bonchev–Trinajstić information content (AvgIpc) is 2.34. The zero-order valence-corrected chi connectivity index (χ0v) is 10.5. The molecule has 0 rings (SSSR count). The lowest BCUT2D eigenvalue weighted by atomic mass is 10.0. The van der Waals surface area contributed by atoms with Crippen molar-refractivity contribution < 1.29 is 45.3 Å². The van der Waals surface area contributed by atoms with E-state index in [0.717, 1.165) is 0 Å². The minimum Gasteiger partial charge on any atom is -0.549 e. The second-order valence-corrected chi connectivity index (χ2v) is 4.21. The van der Waals surface area contributed by atoms with Gasteiger partial charge in [0.15, 0.2) is 0 Å². The molecule has 0 radical (unpaired) electrons. The summed E-state index contributed by atoms with van der Waals surface area (Å²) in [5.41, 5.74) is 0. The maximum atomic E-state index is 10.4. The number of aliphatic hydroxyl groups excluding tert-OH is 5. The number of carboxylic acid groups (broad SMARTS) is 2. The number of carbonyl (C=O) groups excluding carboxylic acids is 2. The molecule has 0 aliphatic heterocycles. The third-order valence-electron chi connectivity index (χ3n) is 2.48. The summed E-state index contributed by atoms with van der Waals surface area (Å²) in [6.07, 6.45) is -7.27. The Labute approximate surface area is 114 Å². The number of hydrogen-bond donors (Lipinski definition) is 5. The van der Waals surface area contributed by atoms with E-state index in [9.17, 15) is 35.1 Å². The summed E-state index contributed by atoms with van der Waals surface area (Å²) < 4.78 is 0. The molecule has 10 nitrogen and oxygen atoms in total. The van der Waals surface area contributed by atoms with Crippen LogP contribution >= 0.6 is 0 Å². The van der Waals surface area contributed by atoms with Gasteiger partial charge in [0.1, 0.15) is 18.3 Å². The Morgan fingerprint density at radius 2 is 1.30 bits per heavy atom. The van der Waals surface area contributed by atoms with E-state index in [0.29, 0.717) is 4.90 Å². The van der Waals surface area contributed by atoms with E-state index in [1.807, 2.05) is 0 Å². The number of carboxylic acids is 2. The summed E-state index contributed by atoms with van der Waals surface area (Å²) >= 11 is 0. The van der Waals surface area contributed by atoms with Crippen LogP contribution in [0.5, 0.6) is 0 Å². The highest BCUT2D eigenvalue weighted by Gasteiger charge is 2.31. The quantitative estimate of drug-likeness (QED) is 0.259. The van der Waals surface area contributed by atoms with Crippen LogP contribution in [-0.4, -0.2) is 93.0 Å². The zero-order valence-electron chi connectivity index (χ0n) is 10.5. The van der Waals surface area contributed by atoms with E-state index in [1.165, 1.54) is 0 Å². The number of rotatable bonds is 10. The third-order valence-corrected chi connectivity index (χ3v) is 2.48. The fourth-order valence-corrected chi connectivity index (χ4v) is 1.49. The summed E-state index contributed by atoms with van der Waals surface area (Å²) in [6, 6.07) is 0. The molecule has 0 spiro atoms. The predicted octanol–water partition coefficient (Wildman–Crippen LogP) is -6.78. The summed E-state index contributed by atoms with van der Waals surface area (Å²) in [7, 11) is 0. The maximum Gasteiger partial charge on any atom is 0.111 e. The number of hydrogen-bond acceptors (Lipinski definition) is 10. The van der Waals surface area contributed by atoms with Crippen molar-refractivity contribution in [3.8, 4) is 0 Å². The molecule has 0 saturated heterocycles. The topological polar surface area (TPSA) is 185 Å². The predicted molar refractivity (Wildman–Crippen MR) is 57.6 cm³/mol. The van der Waals surface area contributed by atoms with Crippen molar-refractivity contribution >= 4 is 11.9 Å². The smallest absolute Gasteiger partial charge is 0.111 e. The largest absolute Gasteiger partial charge is 0.549 e. The molecule has 0 aromatic carbocycles. The molecular weight excluding hydrogens is 278 g/mol. The summed E-state index contributed by atoms with van der Waals surface area (Å²) in [5.74, 6) is -3.22. The molecule has 0 amide bonds. The molecule has 20 heavy (non-hydrogen) atoms. The molecule has 0 saturated carbocycles. The maximum absolute atomic E-state index is 10.4. The standard InChI is InChI=1S/C10H19NO9/c12-4-6(14)10(20)9(19)5(13)1-11(2-7(15)16)3-8(17)18/h5-6,9-10,12-14,19-20H,1-4H2,(H,15,16)(H,17,18)/p-2. The highest BCUT2D eigenvalue weighted by atomic mass is 16.4. The molecule has 5 N–H and O–H groups in total. The van der Waals surface area contributed by atoms with E-state index >= 15 is 0 Å². The van der Waals surface area contributed by atoms with Gasteiger partial charge < -0.3 is 45.3 Å². The van der Waals surface area contributed by atoms with Crippen LogP contribution in [-0.2, 0) is 9.59 Å². The van der Waals surface area contributed by atoms with Crippen LogP contribution in [0.2, 0.25) is 0 Å². The van der Waals surface area contributed by atoms with Crippen LogP contribution in [0.1, 0.15) is 0 Å². The number of carbonyl (C=O) groups is 2. The molecule has 0 fully saturated rings. The number of aliphatic carboxylic acids is 2. The molecule has 0 bridgehead atoms. The van der Waals surface area contributed by atoms with Gasteiger partial charge in [0.25, 0.3) is 0 Å². The van der Waals surface area contributed by atoms with Gasteiger partial charge in [0.05, 0.1) is 24.6 Å². The van der Waals surface area contributed by atoms with Crippen LogP contribution in [0.4, 0.5) is 0 Å². The first kappa shape index (κ1) is 18.7. The van der Waals surface area contributed by atoms with Crippen LogP contribution in [0.3, 0.4) is 0 Å². The molecule has 4 atom stereocenters. The Kier molecular flexibility index (Phi) is 8.22. The molecule has 0 aromatic heterocycles. The van der Waals surface area contributed by atoms with Gasteiger partial charge in [0.2, 0.25) is 0 Å². The second-order valence-electron chi connectivity index (χ2n) is 4.21. The molecular formula is C10H17NO9-2. The lowest BCUT2D eigenvalue weighted by Crippen LogP contribution is -2.52. The normalized spacial score (nSPS) is 17.5. The lowest BCUT2D eigenvalue weighted by molar-refractivity contribution is -0.310.